The van der Waals surface area contributed by atoms with Crippen LogP contribution in [0.4, 0.5) is 0 Å². The number of hydrogen-bond acceptors (Lipinski definition) is 3. The molecule has 2 aromatic rings. The van der Waals surface area contributed by atoms with Crippen LogP contribution in [0.25, 0.3) is 0 Å². The van der Waals surface area contributed by atoms with E-state index in [4.69, 9.17) is 11.6 Å². The van der Waals surface area contributed by atoms with Crippen molar-refractivity contribution in [3.63, 3.8) is 0 Å². The maximum Gasteiger partial charge on any atom is 0.243 e. The number of rotatable bonds is 2. The third-order valence-corrected chi connectivity index (χ3v) is 6.36. The van der Waals surface area contributed by atoms with Crippen LogP contribution in [0.15, 0.2) is 40.6 Å². The van der Waals surface area contributed by atoms with Crippen molar-refractivity contribution >= 4 is 33.0 Å². The first kappa shape index (κ1) is 13.1. The Balaban J connectivity index is 1.92. The molecule has 6 heteroatoms. The molecule has 19 heavy (non-hydrogen) atoms. The first-order valence-corrected chi connectivity index (χ1v) is 8.58. The molecule has 3 rings (SSSR count). The van der Waals surface area contributed by atoms with Gasteiger partial charge in [-0.1, -0.05) is 11.6 Å². The van der Waals surface area contributed by atoms with Gasteiger partial charge in [-0.25, -0.2) is 8.42 Å². The van der Waals surface area contributed by atoms with Crippen molar-refractivity contribution in [2.45, 2.75) is 17.9 Å². The summed E-state index contributed by atoms with van der Waals surface area (Å²) in [5, 5.41) is 2.56. The quantitative estimate of drug-likeness (QED) is 0.854. The molecule has 0 aliphatic carbocycles. The number of thiophene rings is 1. The van der Waals surface area contributed by atoms with Gasteiger partial charge in [0.1, 0.15) is 0 Å². The van der Waals surface area contributed by atoms with Gasteiger partial charge in [-0.05, 0) is 47.7 Å². The third kappa shape index (κ3) is 2.43. The molecule has 0 atom stereocenters. The Morgan fingerprint density at radius 2 is 1.89 bits per heavy atom. The molecule has 0 saturated heterocycles. The summed E-state index contributed by atoms with van der Waals surface area (Å²) in [7, 11) is -3.42. The maximum atomic E-state index is 12.5. The van der Waals surface area contributed by atoms with Crippen molar-refractivity contribution in [3.05, 3.63) is 51.2 Å². The van der Waals surface area contributed by atoms with Gasteiger partial charge in [-0.2, -0.15) is 4.31 Å². The van der Waals surface area contributed by atoms with E-state index in [1.807, 2.05) is 11.4 Å². The molecule has 1 aliphatic rings. The fourth-order valence-electron chi connectivity index (χ4n) is 2.18. The SMILES string of the molecule is O=S(=O)(c1ccc(Cl)cc1)N1CCc2sccc2C1. The molecule has 0 spiro atoms. The number of hydrogen-bond donors (Lipinski definition) is 0. The van der Waals surface area contributed by atoms with Crippen LogP contribution in [0, 0.1) is 0 Å². The lowest BCUT2D eigenvalue weighted by Crippen LogP contribution is -2.35. The minimum absolute atomic E-state index is 0.301. The number of halogens is 1. The molecule has 1 aromatic carbocycles. The number of sulfonamides is 1. The molecule has 0 fully saturated rings. The summed E-state index contributed by atoms with van der Waals surface area (Å²) in [5.41, 5.74) is 1.12. The molecule has 0 amide bonds. The smallest absolute Gasteiger partial charge is 0.207 e. The fraction of sp³-hybridized carbons (Fsp3) is 0.231. The molecular formula is C13H12ClNO2S2. The van der Waals surface area contributed by atoms with E-state index in [1.54, 1.807) is 35.6 Å². The molecule has 1 aromatic heterocycles. The van der Waals surface area contributed by atoms with Crippen LogP contribution < -0.4 is 0 Å². The summed E-state index contributed by atoms with van der Waals surface area (Å²) < 4.78 is 26.6. The minimum Gasteiger partial charge on any atom is -0.207 e. The highest BCUT2D eigenvalue weighted by Gasteiger charge is 2.28. The molecule has 0 saturated carbocycles. The first-order chi connectivity index (χ1) is 9.07. The van der Waals surface area contributed by atoms with Crippen LogP contribution in [-0.2, 0) is 23.0 Å². The molecule has 0 unspecified atom stereocenters. The second-order valence-electron chi connectivity index (χ2n) is 4.41. The average molecular weight is 314 g/mol. The van der Waals surface area contributed by atoms with Crippen LogP contribution in [0.1, 0.15) is 10.4 Å². The largest absolute Gasteiger partial charge is 0.243 e. The van der Waals surface area contributed by atoms with Gasteiger partial charge in [0.2, 0.25) is 10.0 Å². The van der Waals surface area contributed by atoms with E-state index < -0.39 is 10.0 Å². The Morgan fingerprint density at radius 3 is 2.63 bits per heavy atom. The van der Waals surface area contributed by atoms with Gasteiger partial charge in [0.05, 0.1) is 4.90 Å². The van der Waals surface area contributed by atoms with Crippen molar-refractivity contribution in [1.29, 1.82) is 0 Å². The Kier molecular flexibility index (Phi) is 3.39. The summed E-state index contributed by atoms with van der Waals surface area (Å²) in [4.78, 5) is 1.60. The van der Waals surface area contributed by atoms with Crippen LogP contribution in [0.5, 0.6) is 0 Å². The van der Waals surface area contributed by atoms with Crippen LogP contribution >= 0.6 is 22.9 Å². The van der Waals surface area contributed by atoms with Gasteiger partial charge in [0, 0.05) is 23.0 Å². The van der Waals surface area contributed by atoms with Crippen molar-refractivity contribution < 1.29 is 8.42 Å². The Labute approximate surface area is 121 Å². The molecule has 1 aliphatic heterocycles. The fourth-order valence-corrected chi connectivity index (χ4v) is 4.62. The van der Waals surface area contributed by atoms with Crippen molar-refractivity contribution in [2.24, 2.45) is 0 Å². The van der Waals surface area contributed by atoms with Gasteiger partial charge in [-0.15, -0.1) is 11.3 Å². The van der Waals surface area contributed by atoms with E-state index in [2.05, 4.69) is 0 Å². The van der Waals surface area contributed by atoms with Crippen LogP contribution in [0.2, 0.25) is 5.02 Å². The number of nitrogens with zero attached hydrogens (tertiary/aromatic N) is 1. The summed E-state index contributed by atoms with van der Waals surface area (Å²) in [6.45, 7) is 1.00. The highest BCUT2D eigenvalue weighted by atomic mass is 35.5. The predicted molar refractivity (Wildman–Crippen MR) is 77.1 cm³/mol. The Morgan fingerprint density at radius 1 is 1.16 bits per heavy atom. The first-order valence-electron chi connectivity index (χ1n) is 5.88. The number of benzene rings is 1. The zero-order valence-corrected chi connectivity index (χ0v) is 12.4. The molecule has 0 radical (unpaired) electrons. The van der Waals surface area contributed by atoms with E-state index in [0.29, 0.717) is 23.0 Å². The van der Waals surface area contributed by atoms with Gasteiger partial charge < -0.3 is 0 Å². The van der Waals surface area contributed by atoms with E-state index in [0.717, 1.165) is 12.0 Å². The molecular weight excluding hydrogens is 302 g/mol. The Bertz CT molecular complexity index is 692. The van der Waals surface area contributed by atoms with Crippen molar-refractivity contribution in [3.8, 4) is 0 Å². The third-order valence-electron chi connectivity index (χ3n) is 3.22. The molecule has 100 valence electrons. The van der Waals surface area contributed by atoms with Gasteiger partial charge in [-0.3, -0.25) is 0 Å². The topological polar surface area (TPSA) is 37.4 Å². The zero-order chi connectivity index (χ0) is 13.5. The van der Waals surface area contributed by atoms with E-state index in [-0.39, 0.29) is 0 Å². The summed E-state index contributed by atoms with van der Waals surface area (Å²) in [6, 6.07) is 8.33. The monoisotopic (exact) mass is 313 g/mol. The van der Waals surface area contributed by atoms with Gasteiger partial charge in [0.25, 0.3) is 0 Å². The molecule has 0 N–H and O–H groups in total. The molecule has 3 nitrogen and oxygen atoms in total. The maximum absolute atomic E-state index is 12.5. The summed E-state index contributed by atoms with van der Waals surface area (Å²) >= 11 is 7.49. The molecule has 2 heterocycles. The highest BCUT2D eigenvalue weighted by Crippen LogP contribution is 2.28. The van der Waals surface area contributed by atoms with Crippen molar-refractivity contribution in [1.82, 2.24) is 4.31 Å². The lowest BCUT2D eigenvalue weighted by Gasteiger charge is -2.26. The van der Waals surface area contributed by atoms with Crippen LogP contribution in [0.3, 0.4) is 0 Å². The number of fused-ring (bicyclic) bond motifs is 1. The van der Waals surface area contributed by atoms with E-state index in [1.165, 1.54) is 9.18 Å². The lowest BCUT2D eigenvalue weighted by molar-refractivity contribution is 0.394. The van der Waals surface area contributed by atoms with Crippen LogP contribution in [-0.4, -0.2) is 19.3 Å². The highest BCUT2D eigenvalue weighted by molar-refractivity contribution is 7.89. The molecule has 0 bridgehead atoms. The predicted octanol–water partition coefficient (Wildman–Crippen LogP) is 3.15. The summed E-state index contributed by atoms with van der Waals surface area (Å²) in [6.07, 6.45) is 0.791. The summed E-state index contributed by atoms with van der Waals surface area (Å²) in [5.74, 6) is 0. The Hall–Kier alpha value is -0.880. The van der Waals surface area contributed by atoms with E-state index in [9.17, 15) is 8.42 Å². The minimum atomic E-state index is -3.42. The van der Waals surface area contributed by atoms with E-state index >= 15 is 0 Å². The average Bonchev–Trinajstić information content (AvgIpc) is 2.86. The normalized spacial score (nSPS) is 16.3. The lowest BCUT2D eigenvalue weighted by atomic mass is 10.1. The second-order valence-corrected chi connectivity index (χ2v) is 7.79. The van der Waals surface area contributed by atoms with Gasteiger partial charge >= 0.3 is 0 Å². The zero-order valence-electron chi connectivity index (χ0n) is 10.0. The van der Waals surface area contributed by atoms with Gasteiger partial charge in [0.15, 0.2) is 0 Å². The second kappa shape index (κ2) is 4.90. The standard InChI is InChI=1S/C13H12ClNO2S2/c14-11-1-3-12(4-2-11)19(16,17)15-7-5-13-10(9-15)6-8-18-13/h1-4,6,8H,5,7,9H2. The van der Waals surface area contributed by atoms with Crippen molar-refractivity contribution in [2.75, 3.05) is 6.54 Å².